The third kappa shape index (κ3) is 2.52. The highest BCUT2D eigenvalue weighted by Crippen LogP contribution is 2.50. The van der Waals surface area contributed by atoms with E-state index in [0.29, 0.717) is 11.1 Å². The van der Waals surface area contributed by atoms with Crippen LogP contribution in [0.5, 0.6) is 5.75 Å². The van der Waals surface area contributed by atoms with E-state index in [-0.39, 0.29) is 23.6 Å². The predicted molar refractivity (Wildman–Crippen MR) is 83.0 cm³/mol. The third-order valence-electron chi connectivity index (χ3n) is 4.14. The van der Waals surface area contributed by atoms with Crippen molar-refractivity contribution in [2.24, 2.45) is 0 Å². The summed E-state index contributed by atoms with van der Waals surface area (Å²) in [5, 5.41) is 0. The molecule has 0 saturated heterocycles. The fourth-order valence-electron chi connectivity index (χ4n) is 2.89. The van der Waals surface area contributed by atoms with Gasteiger partial charge in [0.2, 0.25) is 5.60 Å². The molecule has 24 heavy (non-hydrogen) atoms. The van der Waals surface area contributed by atoms with Gasteiger partial charge in [-0.15, -0.1) is 0 Å². The number of hydrogen-bond acceptors (Lipinski definition) is 2. The van der Waals surface area contributed by atoms with Crippen LogP contribution in [0.3, 0.4) is 0 Å². The summed E-state index contributed by atoms with van der Waals surface area (Å²) in [5.41, 5.74) is -1.65. The smallest absolute Gasteiger partial charge is 0.432 e. The van der Waals surface area contributed by atoms with Crippen molar-refractivity contribution in [1.29, 1.82) is 0 Å². The Labute approximate surface area is 137 Å². The van der Waals surface area contributed by atoms with Gasteiger partial charge >= 0.3 is 6.18 Å². The number of rotatable bonds is 2. The predicted octanol–water partition coefficient (Wildman–Crippen LogP) is 3.78. The van der Waals surface area contributed by atoms with E-state index in [1.807, 2.05) is 0 Å². The van der Waals surface area contributed by atoms with E-state index in [1.54, 1.807) is 32.3 Å². The number of carbonyl (C=O) groups is 1. The summed E-state index contributed by atoms with van der Waals surface area (Å²) in [7, 11) is 3.19. The zero-order valence-electron chi connectivity index (χ0n) is 13.2. The van der Waals surface area contributed by atoms with Gasteiger partial charge < -0.3 is 9.64 Å². The van der Waals surface area contributed by atoms with E-state index in [4.69, 9.17) is 4.74 Å². The molecule has 2 aromatic rings. The largest absolute Gasteiger partial charge is 0.472 e. The van der Waals surface area contributed by atoms with Gasteiger partial charge in [-0.25, -0.2) is 0 Å². The van der Waals surface area contributed by atoms with Crippen LogP contribution in [0, 0.1) is 0 Å². The van der Waals surface area contributed by atoms with Gasteiger partial charge in [-0.05, 0) is 23.8 Å². The highest BCUT2D eigenvalue weighted by atomic mass is 19.4. The number of amides is 1. The van der Waals surface area contributed by atoms with Crippen LogP contribution in [-0.4, -0.2) is 31.1 Å². The second-order valence-corrected chi connectivity index (χ2v) is 5.99. The molecule has 0 aromatic heterocycles. The number of nitrogens with zero attached hydrogens (tertiary/aromatic N) is 1. The van der Waals surface area contributed by atoms with E-state index in [2.05, 4.69) is 0 Å². The lowest BCUT2D eigenvalue weighted by atomic mass is 9.88. The van der Waals surface area contributed by atoms with Crippen molar-refractivity contribution < 1.29 is 22.7 Å². The first kappa shape index (κ1) is 16.4. The number of carbonyl (C=O) groups excluding carboxylic acids is 1. The normalized spacial score (nSPS) is 19.5. The van der Waals surface area contributed by atoms with Gasteiger partial charge in [0.15, 0.2) is 0 Å². The number of fused-ring (bicyclic) bond motifs is 1. The number of halogens is 3. The lowest BCUT2D eigenvalue weighted by Crippen LogP contribution is -2.46. The maximum atomic E-state index is 13.9. The zero-order chi connectivity index (χ0) is 17.5. The van der Waals surface area contributed by atoms with E-state index < -0.39 is 11.8 Å². The fraction of sp³-hybridized carbons (Fsp3) is 0.278. The minimum Gasteiger partial charge on any atom is -0.472 e. The van der Waals surface area contributed by atoms with Gasteiger partial charge in [-0.1, -0.05) is 30.3 Å². The van der Waals surface area contributed by atoms with Crippen LogP contribution < -0.4 is 4.74 Å². The molecular weight excluding hydrogens is 319 g/mol. The molecule has 0 spiro atoms. The Balaban J connectivity index is 2.05. The topological polar surface area (TPSA) is 29.5 Å². The third-order valence-corrected chi connectivity index (χ3v) is 4.14. The number of hydrogen-bond donors (Lipinski definition) is 0. The summed E-state index contributed by atoms with van der Waals surface area (Å²) in [6.07, 6.45) is -4.94. The Bertz CT molecular complexity index is 772. The van der Waals surface area contributed by atoms with E-state index in [0.717, 1.165) is 0 Å². The molecule has 0 saturated carbocycles. The minimum absolute atomic E-state index is 0.0502. The van der Waals surface area contributed by atoms with Crippen molar-refractivity contribution in [2.45, 2.75) is 18.2 Å². The maximum Gasteiger partial charge on any atom is 0.432 e. The molecule has 1 atom stereocenters. The van der Waals surface area contributed by atoms with Gasteiger partial charge in [0.1, 0.15) is 5.75 Å². The van der Waals surface area contributed by atoms with Crippen molar-refractivity contribution in [1.82, 2.24) is 4.90 Å². The number of ether oxygens (including phenoxy) is 1. The van der Waals surface area contributed by atoms with Gasteiger partial charge in [0.05, 0.1) is 0 Å². The molecule has 126 valence electrons. The molecule has 0 aliphatic carbocycles. The van der Waals surface area contributed by atoms with Crippen molar-refractivity contribution in [3.05, 3.63) is 65.2 Å². The second kappa shape index (κ2) is 5.54. The Morgan fingerprint density at radius 3 is 2.38 bits per heavy atom. The van der Waals surface area contributed by atoms with Gasteiger partial charge in [-0.2, -0.15) is 13.2 Å². The SMILES string of the molecule is CN(C)C(=O)c1ccc2c(c1)CC(c1ccccc1)(C(F)(F)F)O2. The van der Waals surface area contributed by atoms with Crippen molar-refractivity contribution in [3.8, 4) is 5.75 Å². The van der Waals surface area contributed by atoms with Gasteiger partial charge in [-0.3, -0.25) is 4.79 Å². The zero-order valence-corrected chi connectivity index (χ0v) is 13.2. The molecule has 3 rings (SSSR count). The summed E-state index contributed by atoms with van der Waals surface area (Å²) in [4.78, 5) is 13.4. The summed E-state index contributed by atoms with van der Waals surface area (Å²) >= 11 is 0. The fourth-order valence-corrected chi connectivity index (χ4v) is 2.89. The highest BCUT2D eigenvalue weighted by molar-refractivity contribution is 5.94. The van der Waals surface area contributed by atoms with Crippen LogP contribution >= 0.6 is 0 Å². The Morgan fingerprint density at radius 1 is 1.12 bits per heavy atom. The first-order valence-corrected chi connectivity index (χ1v) is 7.40. The lowest BCUT2D eigenvalue weighted by Gasteiger charge is -2.31. The molecule has 0 bridgehead atoms. The molecule has 0 N–H and O–H groups in total. The Hall–Kier alpha value is -2.50. The monoisotopic (exact) mass is 335 g/mol. The van der Waals surface area contributed by atoms with E-state index in [1.165, 1.54) is 35.2 Å². The molecule has 6 heteroatoms. The molecule has 1 unspecified atom stereocenters. The maximum absolute atomic E-state index is 13.9. The number of benzene rings is 2. The van der Waals surface area contributed by atoms with Crippen LogP contribution in [0.25, 0.3) is 0 Å². The van der Waals surface area contributed by atoms with Crippen LogP contribution in [0.15, 0.2) is 48.5 Å². The van der Waals surface area contributed by atoms with Crippen LogP contribution in [-0.2, 0) is 12.0 Å². The standard InChI is InChI=1S/C18H16F3NO2/c1-22(2)16(23)12-8-9-15-13(10-12)11-17(24-15,18(19,20)21)14-6-4-3-5-7-14/h3-10H,11H2,1-2H3. The molecule has 1 heterocycles. The van der Waals surface area contributed by atoms with Crippen molar-refractivity contribution >= 4 is 5.91 Å². The molecule has 0 radical (unpaired) electrons. The molecule has 1 aliphatic rings. The highest BCUT2D eigenvalue weighted by Gasteiger charge is 2.61. The summed E-state index contributed by atoms with van der Waals surface area (Å²) in [6, 6.07) is 12.0. The summed E-state index contributed by atoms with van der Waals surface area (Å²) in [6.45, 7) is 0. The lowest BCUT2D eigenvalue weighted by molar-refractivity contribution is -0.248. The van der Waals surface area contributed by atoms with E-state index in [9.17, 15) is 18.0 Å². The molecule has 2 aromatic carbocycles. The van der Waals surface area contributed by atoms with Crippen LogP contribution in [0.2, 0.25) is 0 Å². The quantitative estimate of drug-likeness (QED) is 0.836. The molecular formula is C18H16F3NO2. The first-order chi connectivity index (χ1) is 11.2. The minimum atomic E-state index is -4.58. The van der Waals surface area contributed by atoms with E-state index >= 15 is 0 Å². The van der Waals surface area contributed by atoms with Crippen LogP contribution in [0.1, 0.15) is 21.5 Å². The summed E-state index contributed by atoms with van der Waals surface area (Å²) in [5.74, 6) is -0.103. The van der Waals surface area contributed by atoms with Gasteiger partial charge in [0.25, 0.3) is 5.91 Å². The Morgan fingerprint density at radius 2 is 1.79 bits per heavy atom. The first-order valence-electron chi connectivity index (χ1n) is 7.40. The van der Waals surface area contributed by atoms with Gasteiger partial charge in [0, 0.05) is 31.6 Å². The summed E-state index contributed by atoms with van der Waals surface area (Å²) < 4.78 is 47.0. The van der Waals surface area contributed by atoms with Crippen LogP contribution in [0.4, 0.5) is 13.2 Å². The molecule has 1 aliphatic heterocycles. The molecule has 1 amide bonds. The Kier molecular flexibility index (Phi) is 3.78. The molecule has 3 nitrogen and oxygen atoms in total. The average Bonchev–Trinajstić information content (AvgIpc) is 2.94. The second-order valence-electron chi connectivity index (χ2n) is 5.99. The average molecular weight is 335 g/mol. The van der Waals surface area contributed by atoms with Crippen molar-refractivity contribution in [2.75, 3.05) is 14.1 Å². The van der Waals surface area contributed by atoms with Crippen molar-refractivity contribution in [3.63, 3.8) is 0 Å². The number of alkyl halides is 3. The molecule has 0 fully saturated rings.